The zero-order valence-electron chi connectivity index (χ0n) is 6.15. The van der Waals surface area contributed by atoms with E-state index in [-0.39, 0.29) is 0 Å². The van der Waals surface area contributed by atoms with Crippen LogP contribution in [-0.4, -0.2) is 24.3 Å². The Morgan fingerprint density at radius 2 is 2.33 bits per heavy atom. The van der Waals surface area contributed by atoms with E-state index in [0.717, 1.165) is 12.4 Å². The fourth-order valence-corrected chi connectivity index (χ4v) is 1.27. The Morgan fingerprint density at radius 3 is 2.78 bits per heavy atom. The fourth-order valence-electron chi connectivity index (χ4n) is 1.27. The van der Waals surface area contributed by atoms with Gasteiger partial charge in [-0.15, -0.1) is 0 Å². The van der Waals surface area contributed by atoms with Crippen LogP contribution in [0.15, 0.2) is 0 Å². The van der Waals surface area contributed by atoms with Crippen LogP contribution in [0.2, 0.25) is 0 Å². The molecule has 1 rings (SSSR count). The lowest BCUT2D eigenvalue weighted by molar-refractivity contribution is 0.385. The van der Waals surface area contributed by atoms with Crippen molar-refractivity contribution in [3.8, 4) is 0 Å². The topological polar surface area (TPSA) is 27.1 Å². The average molecular weight is 126 g/mol. The molecule has 1 fully saturated rings. The summed E-state index contributed by atoms with van der Waals surface area (Å²) in [7, 11) is 2.00. The SMILES string of the molecule is C[C@@H]1CCCN(C)C1=N. The first-order valence-electron chi connectivity index (χ1n) is 3.51. The smallest absolute Gasteiger partial charge is 0.0984 e. The number of piperidine rings is 1. The lowest BCUT2D eigenvalue weighted by Crippen LogP contribution is -2.36. The average Bonchev–Trinajstić information content (AvgIpc) is 1.83. The van der Waals surface area contributed by atoms with Gasteiger partial charge in [-0.1, -0.05) is 6.92 Å². The quantitative estimate of drug-likeness (QED) is 0.520. The monoisotopic (exact) mass is 126 g/mol. The lowest BCUT2D eigenvalue weighted by atomic mass is 9.99. The summed E-state index contributed by atoms with van der Waals surface area (Å²) in [6.45, 7) is 3.20. The summed E-state index contributed by atoms with van der Waals surface area (Å²) in [4.78, 5) is 2.04. The van der Waals surface area contributed by atoms with Gasteiger partial charge in [0.1, 0.15) is 0 Å². The third kappa shape index (κ3) is 1.23. The van der Waals surface area contributed by atoms with Gasteiger partial charge < -0.3 is 4.90 Å². The van der Waals surface area contributed by atoms with Crippen LogP contribution in [0.4, 0.5) is 0 Å². The van der Waals surface area contributed by atoms with E-state index in [9.17, 15) is 0 Å². The molecule has 0 aromatic rings. The third-order valence-corrected chi connectivity index (χ3v) is 2.01. The van der Waals surface area contributed by atoms with E-state index in [0.29, 0.717) is 5.92 Å². The van der Waals surface area contributed by atoms with Crippen LogP contribution in [0.5, 0.6) is 0 Å². The summed E-state index contributed by atoms with van der Waals surface area (Å²) >= 11 is 0. The molecule has 52 valence electrons. The summed E-state index contributed by atoms with van der Waals surface area (Å²) in [6, 6.07) is 0. The van der Waals surface area contributed by atoms with E-state index in [1.807, 2.05) is 11.9 Å². The van der Waals surface area contributed by atoms with Gasteiger partial charge in [0, 0.05) is 19.5 Å². The summed E-state index contributed by atoms with van der Waals surface area (Å²) in [5.41, 5.74) is 0. The number of likely N-dealkylation sites (tertiary alicyclic amines) is 1. The fraction of sp³-hybridized carbons (Fsp3) is 0.857. The maximum absolute atomic E-state index is 7.53. The highest BCUT2D eigenvalue weighted by Crippen LogP contribution is 2.15. The van der Waals surface area contributed by atoms with Crippen LogP contribution in [-0.2, 0) is 0 Å². The normalized spacial score (nSPS) is 28.9. The lowest BCUT2D eigenvalue weighted by Gasteiger charge is -2.29. The van der Waals surface area contributed by atoms with Crippen molar-refractivity contribution in [1.82, 2.24) is 4.90 Å². The van der Waals surface area contributed by atoms with Crippen LogP contribution >= 0.6 is 0 Å². The molecule has 0 spiro atoms. The molecular formula is C7H14N2. The van der Waals surface area contributed by atoms with Crippen molar-refractivity contribution in [1.29, 1.82) is 5.41 Å². The first-order chi connectivity index (χ1) is 4.22. The number of nitrogens with one attached hydrogen (secondary N) is 1. The van der Waals surface area contributed by atoms with Crippen molar-refractivity contribution in [3.05, 3.63) is 0 Å². The molecule has 1 aliphatic rings. The van der Waals surface area contributed by atoms with E-state index >= 15 is 0 Å². The second-order valence-electron chi connectivity index (χ2n) is 2.85. The van der Waals surface area contributed by atoms with Crippen LogP contribution in [0, 0.1) is 11.3 Å². The van der Waals surface area contributed by atoms with Gasteiger partial charge in [-0.25, -0.2) is 0 Å². The predicted octanol–water partition coefficient (Wildman–Crippen LogP) is 1.33. The Labute approximate surface area is 56.4 Å². The molecule has 1 saturated heterocycles. The van der Waals surface area contributed by atoms with Crippen molar-refractivity contribution in [2.75, 3.05) is 13.6 Å². The van der Waals surface area contributed by atoms with Gasteiger partial charge in [0.05, 0.1) is 5.84 Å². The number of rotatable bonds is 0. The van der Waals surface area contributed by atoms with Crippen molar-refractivity contribution >= 4 is 5.84 Å². The molecule has 1 aliphatic heterocycles. The first-order valence-corrected chi connectivity index (χ1v) is 3.51. The van der Waals surface area contributed by atoms with E-state index in [1.165, 1.54) is 12.8 Å². The van der Waals surface area contributed by atoms with Gasteiger partial charge in [-0.2, -0.15) is 0 Å². The highest BCUT2D eigenvalue weighted by Gasteiger charge is 2.17. The molecule has 2 nitrogen and oxygen atoms in total. The zero-order valence-corrected chi connectivity index (χ0v) is 6.15. The molecule has 0 aliphatic carbocycles. The molecule has 0 saturated carbocycles. The molecule has 0 amide bonds. The van der Waals surface area contributed by atoms with Crippen LogP contribution in [0.1, 0.15) is 19.8 Å². The second kappa shape index (κ2) is 2.38. The van der Waals surface area contributed by atoms with Crippen molar-refractivity contribution in [2.45, 2.75) is 19.8 Å². The molecule has 0 aromatic heterocycles. The Balaban J connectivity index is 2.52. The Hall–Kier alpha value is -0.530. The molecule has 9 heavy (non-hydrogen) atoms. The van der Waals surface area contributed by atoms with Crippen LogP contribution < -0.4 is 0 Å². The summed E-state index contributed by atoms with van der Waals surface area (Å²) < 4.78 is 0. The Kier molecular flexibility index (Phi) is 1.74. The number of amidine groups is 1. The van der Waals surface area contributed by atoms with E-state index in [2.05, 4.69) is 6.92 Å². The number of hydrogen-bond acceptors (Lipinski definition) is 1. The summed E-state index contributed by atoms with van der Waals surface area (Å²) in [5, 5.41) is 7.53. The second-order valence-corrected chi connectivity index (χ2v) is 2.85. The van der Waals surface area contributed by atoms with E-state index < -0.39 is 0 Å². The van der Waals surface area contributed by atoms with Gasteiger partial charge >= 0.3 is 0 Å². The first kappa shape index (κ1) is 6.59. The predicted molar refractivity (Wildman–Crippen MR) is 38.8 cm³/mol. The minimum atomic E-state index is 0.490. The molecule has 1 heterocycles. The van der Waals surface area contributed by atoms with Crippen LogP contribution in [0.3, 0.4) is 0 Å². The maximum Gasteiger partial charge on any atom is 0.0984 e. The van der Waals surface area contributed by atoms with Crippen molar-refractivity contribution < 1.29 is 0 Å². The summed E-state index contributed by atoms with van der Waals surface area (Å²) in [5.74, 6) is 1.30. The molecular weight excluding hydrogens is 112 g/mol. The standard InChI is InChI=1S/C7H14N2/c1-6-4-3-5-9(2)7(6)8/h6,8H,3-5H2,1-2H3/t6-/m1/s1. The Morgan fingerprint density at radius 1 is 1.67 bits per heavy atom. The van der Waals surface area contributed by atoms with Gasteiger partial charge in [0.25, 0.3) is 0 Å². The Bertz CT molecular complexity index is 108. The molecule has 0 radical (unpaired) electrons. The van der Waals surface area contributed by atoms with Gasteiger partial charge in [-0.3, -0.25) is 5.41 Å². The highest BCUT2D eigenvalue weighted by molar-refractivity contribution is 5.81. The third-order valence-electron chi connectivity index (χ3n) is 2.01. The molecule has 1 N–H and O–H groups in total. The molecule has 2 heteroatoms. The van der Waals surface area contributed by atoms with Crippen molar-refractivity contribution in [3.63, 3.8) is 0 Å². The minimum absolute atomic E-state index is 0.490. The van der Waals surface area contributed by atoms with Gasteiger partial charge in [0.15, 0.2) is 0 Å². The molecule has 0 bridgehead atoms. The number of nitrogens with zero attached hydrogens (tertiary/aromatic N) is 1. The summed E-state index contributed by atoms with van der Waals surface area (Å²) in [6.07, 6.45) is 2.45. The molecule has 0 aromatic carbocycles. The zero-order chi connectivity index (χ0) is 6.85. The minimum Gasteiger partial charge on any atom is -0.363 e. The van der Waals surface area contributed by atoms with Gasteiger partial charge in [-0.05, 0) is 12.8 Å². The van der Waals surface area contributed by atoms with Gasteiger partial charge in [0.2, 0.25) is 0 Å². The van der Waals surface area contributed by atoms with E-state index in [1.54, 1.807) is 0 Å². The highest BCUT2D eigenvalue weighted by atomic mass is 15.1. The molecule has 1 atom stereocenters. The van der Waals surface area contributed by atoms with E-state index in [4.69, 9.17) is 5.41 Å². The van der Waals surface area contributed by atoms with Crippen molar-refractivity contribution in [2.24, 2.45) is 5.92 Å². The largest absolute Gasteiger partial charge is 0.363 e. The molecule has 0 unspecified atom stereocenters. The maximum atomic E-state index is 7.53. The van der Waals surface area contributed by atoms with Crippen LogP contribution in [0.25, 0.3) is 0 Å². The number of hydrogen-bond donors (Lipinski definition) is 1.